The summed E-state index contributed by atoms with van der Waals surface area (Å²) in [5.74, 6) is -0.837. The molecule has 0 saturated carbocycles. The molecule has 0 bridgehead atoms. The van der Waals surface area contributed by atoms with Gasteiger partial charge in [0.1, 0.15) is 23.1 Å². The van der Waals surface area contributed by atoms with E-state index < -0.39 is 46.6 Å². The minimum absolute atomic E-state index is 0.272. The first-order valence-corrected chi connectivity index (χ1v) is 16.6. The van der Waals surface area contributed by atoms with Crippen molar-refractivity contribution in [1.82, 2.24) is 0 Å². The van der Waals surface area contributed by atoms with Crippen LogP contribution in [0.2, 0.25) is 0 Å². The van der Waals surface area contributed by atoms with Crippen molar-refractivity contribution >= 4 is 11.9 Å². The zero-order valence-electron chi connectivity index (χ0n) is 31.7. The molecular formula is C43H48F2O8. The third kappa shape index (κ3) is 9.57. The lowest BCUT2D eigenvalue weighted by Crippen LogP contribution is -2.22. The third-order valence-electron chi connectivity index (χ3n) is 9.12. The fourth-order valence-electron chi connectivity index (χ4n) is 5.68. The van der Waals surface area contributed by atoms with Gasteiger partial charge in [0.15, 0.2) is 0 Å². The molecule has 282 valence electrons. The number of halogens is 2. The molecule has 0 spiro atoms. The number of hydrogen-bond donors (Lipinski definition) is 1. The van der Waals surface area contributed by atoms with Crippen LogP contribution >= 0.6 is 0 Å². The summed E-state index contributed by atoms with van der Waals surface area (Å²) in [6, 6.07) is 18.6. The molecule has 0 fully saturated rings. The van der Waals surface area contributed by atoms with Crippen molar-refractivity contribution in [3.63, 3.8) is 0 Å². The minimum Gasteiger partial charge on any atom is -0.497 e. The molecule has 2 atom stereocenters. The molecule has 10 heteroatoms. The first-order valence-electron chi connectivity index (χ1n) is 16.6. The predicted molar refractivity (Wildman–Crippen MR) is 202 cm³/mol. The quantitative estimate of drug-likeness (QED) is 0.107. The van der Waals surface area contributed by atoms with Crippen LogP contribution in [0.5, 0.6) is 11.5 Å². The lowest BCUT2D eigenvalue weighted by molar-refractivity contribution is 0.0305. The van der Waals surface area contributed by atoms with Gasteiger partial charge in [-0.15, -0.1) is 13.2 Å². The number of carbonyl (C=O) groups excluding carboxylic acids is 2. The van der Waals surface area contributed by atoms with E-state index >= 15 is 0 Å². The van der Waals surface area contributed by atoms with Crippen LogP contribution in [0.25, 0.3) is 22.3 Å². The van der Waals surface area contributed by atoms with Crippen LogP contribution in [0.1, 0.15) is 71.7 Å². The Hall–Kier alpha value is -5.32. The van der Waals surface area contributed by atoms with Gasteiger partial charge in [-0.3, -0.25) is 0 Å². The Labute approximate surface area is 310 Å². The number of benzene rings is 4. The molecule has 0 saturated heterocycles. The van der Waals surface area contributed by atoms with Gasteiger partial charge in [-0.1, -0.05) is 52.0 Å². The number of hydrogen-bond acceptors (Lipinski definition) is 8. The molecule has 4 rings (SSSR count). The van der Waals surface area contributed by atoms with Crippen molar-refractivity contribution in [3.05, 3.63) is 132 Å². The lowest BCUT2D eigenvalue weighted by atomic mass is 9.79. The monoisotopic (exact) mass is 730 g/mol. The van der Waals surface area contributed by atoms with E-state index in [1.807, 2.05) is 13.8 Å². The highest BCUT2D eigenvalue weighted by molar-refractivity contribution is 5.91. The van der Waals surface area contributed by atoms with Gasteiger partial charge < -0.3 is 28.8 Å². The van der Waals surface area contributed by atoms with E-state index in [1.165, 1.54) is 58.8 Å². The van der Waals surface area contributed by atoms with E-state index in [0.29, 0.717) is 44.9 Å². The summed E-state index contributed by atoms with van der Waals surface area (Å²) in [6.45, 7) is 15.2. The molecule has 0 aromatic heterocycles. The second-order valence-corrected chi connectivity index (χ2v) is 13.3. The Kier molecular flexibility index (Phi) is 14.3. The number of carbonyl (C=O) groups is 2. The Balaban J connectivity index is 0.000000286. The SMILES string of the molecule is C=CC(C)(C)C(O)c1cc(C(=O)OC)ccc1-c1cc(OC)ccc1F.C=CC(C)(C)C(OC)c1cc(C(=O)OC)ccc1-c1cc(OC)ccc1F. The van der Waals surface area contributed by atoms with Crippen LogP contribution in [0, 0.1) is 22.5 Å². The van der Waals surface area contributed by atoms with E-state index in [1.54, 1.807) is 75.6 Å². The molecule has 0 radical (unpaired) electrons. The predicted octanol–water partition coefficient (Wildman–Crippen LogP) is 9.72. The van der Waals surface area contributed by atoms with E-state index in [2.05, 4.69) is 13.2 Å². The van der Waals surface area contributed by atoms with Gasteiger partial charge in [0.25, 0.3) is 0 Å². The molecule has 0 aliphatic carbocycles. The molecule has 8 nitrogen and oxygen atoms in total. The summed E-state index contributed by atoms with van der Waals surface area (Å²) in [7, 11) is 7.19. The average molecular weight is 731 g/mol. The van der Waals surface area contributed by atoms with Crippen molar-refractivity contribution in [2.45, 2.75) is 39.9 Å². The smallest absolute Gasteiger partial charge is 0.337 e. The molecule has 4 aromatic rings. The summed E-state index contributed by atoms with van der Waals surface area (Å²) in [4.78, 5) is 23.9. The van der Waals surface area contributed by atoms with Gasteiger partial charge in [-0.2, -0.15) is 0 Å². The highest BCUT2D eigenvalue weighted by atomic mass is 19.1. The fraction of sp³-hybridized carbons (Fsp3) is 0.302. The van der Waals surface area contributed by atoms with Crippen LogP contribution in [0.4, 0.5) is 8.78 Å². The Morgan fingerprint density at radius 3 is 1.42 bits per heavy atom. The highest BCUT2D eigenvalue weighted by Gasteiger charge is 2.32. The lowest BCUT2D eigenvalue weighted by Gasteiger charge is -2.32. The molecule has 4 aromatic carbocycles. The molecule has 1 N–H and O–H groups in total. The maximum atomic E-state index is 14.6. The van der Waals surface area contributed by atoms with Gasteiger partial charge >= 0.3 is 11.9 Å². The van der Waals surface area contributed by atoms with Crippen LogP contribution < -0.4 is 9.47 Å². The number of methoxy groups -OCH3 is 5. The highest BCUT2D eigenvalue weighted by Crippen LogP contribution is 2.44. The topological polar surface area (TPSA) is 101 Å². The second kappa shape index (κ2) is 17.9. The largest absolute Gasteiger partial charge is 0.497 e. The Bertz CT molecular complexity index is 1950. The molecule has 0 amide bonds. The van der Waals surface area contributed by atoms with Gasteiger partial charge in [-0.25, -0.2) is 18.4 Å². The number of esters is 2. The maximum Gasteiger partial charge on any atom is 0.337 e. The maximum absolute atomic E-state index is 14.6. The zero-order valence-corrected chi connectivity index (χ0v) is 31.7. The zero-order chi connectivity index (χ0) is 39.7. The summed E-state index contributed by atoms with van der Waals surface area (Å²) < 4.78 is 54.9. The number of rotatable bonds is 13. The fourth-order valence-corrected chi connectivity index (χ4v) is 5.68. The van der Waals surface area contributed by atoms with E-state index in [9.17, 15) is 23.5 Å². The van der Waals surface area contributed by atoms with E-state index in [-0.39, 0.29) is 11.1 Å². The van der Waals surface area contributed by atoms with Crippen molar-refractivity contribution in [2.24, 2.45) is 10.8 Å². The van der Waals surface area contributed by atoms with E-state index in [0.717, 1.165) is 0 Å². The van der Waals surface area contributed by atoms with Gasteiger partial charge in [-0.05, 0) is 82.9 Å². The number of ether oxygens (including phenoxy) is 5. The summed E-state index contributed by atoms with van der Waals surface area (Å²) in [6.07, 6.45) is 1.93. The van der Waals surface area contributed by atoms with E-state index in [4.69, 9.17) is 23.7 Å². The third-order valence-corrected chi connectivity index (χ3v) is 9.12. The molecule has 2 unspecified atom stereocenters. The number of aliphatic hydroxyl groups excluding tert-OH is 1. The second-order valence-electron chi connectivity index (χ2n) is 13.3. The molecule has 0 aliphatic heterocycles. The van der Waals surface area contributed by atoms with Crippen molar-refractivity contribution in [3.8, 4) is 33.8 Å². The van der Waals surface area contributed by atoms with Crippen LogP contribution in [-0.4, -0.2) is 52.6 Å². The van der Waals surface area contributed by atoms with Crippen molar-refractivity contribution in [1.29, 1.82) is 0 Å². The van der Waals surface area contributed by atoms with Gasteiger partial charge in [0, 0.05) is 29.1 Å². The van der Waals surface area contributed by atoms with Crippen LogP contribution in [0.15, 0.2) is 98.1 Å². The first kappa shape index (κ1) is 42.1. The molecular weight excluding hydrogens is 682 g/mol. The average Bonchev–Trinajstić information content (AvgIpc) is 3.17. The molecule has 0 aliphatic rings. The van der Waals surface area contributed by atoms with Crippen molar-refractivity contribution in [2.75, 3.05) is 35.5 Å². The standard InChI is InChI=1S/C22H25FO4.C21H23FO4/c1-7-22(2,3)20(26-5)18-12-14(21(24)27-6)8-10-16(18)17-13-15(25-4)9-11-19(17)23;1-6-21(2,3)19(23)17-11-13(20(24)26-5)7-9-15(17)16-12-14(25-4)8-10-18(16)22/h7-13,20H,1H2,2-6H3;6-12,19,23H,1H2,2-5H3. The summed E-state index contributed by atoms with van der Waals surface area (Å²) in [5.41, 5.74) is 2.26. The van der Waals surface area contributed by atoms with Gasteiger partial charge in [0.2, 0.25) is 0 Å². The number of aliphatic hydroxyl groups is 1. The molecule has 0 heterocycles. The minimum atomic E-state index is -1.01. The van der Waals surface area contributed by atoms with Gasteiger partial charge in [0.05, 0.1) is 51.8 Å². The summed E-state index contributed by atoms with van der Waals surface area (Å²) in [5, 5.41) is 10.9. The van der Waals surface area contributed by atoms with Crippen molar-refractivity contribution < 1.29 is 47.2 Å². The summed E-state index contributed by atoms with van der Waals surface area (Å²) >= 11 is 0. The Morgan fingerprint density at radius 1 is 0.623 bits per heavy atom. The molecule has 53 heavy (non-hydrogen) atoms. The van der Waals surface area contributed by atoms with Crippen LogP contribution in [-0.2, 0) is 14.2 Å². The first-order chi connectivity index (χ1) is 25.0. The normalized spacial score (nSPS) is 12.4. The Morgan fingerprint density at radius 2 is 1.04 bits per heavy atom. The van der Waals surface area contributed by atoms with Crippen LogP contribution in [0.3, 0.4) is 0 Å².